The molecule has 0 atom stereocenters. The Morgan fingerprint density at radius 3 is 2.39 bits per heavy atom. The molecule has 3 aliphatic rings. The Morgan fingerprint density at radius 2 is 1.71 bits per heavy atom. The van der Waals surface area contributed by atoms with E-state index in [-0.39, 0.29) is 18.5 Å². The second-order valence-electron chi connectivity index (χ2n) is 8.60. The molecule has 0 aromatic heterocycles. The van der Waals surface area contributed by atoms with E-state index in [0.717, 1.165) is 26.2 Å². The van der Waals surface area contributed by atoms with Crippen molar-refractivity contribution < 1.29 is 19.1 Å². The van der Waals surface area contributed by atoms with Crippen LogP contribution < -0.4 is 14.4 Å². The lowest BCUT2D eigenvalue weighted by molar-refractivity contribution is -0.133. The predicted octanol–water partition coefficient (Wildman–Crippen LogP) is 2.42. The van der Waals surface area contributed by atoms with Gasteiger partial charge in [-0.05, 0) is 25.0 Å². The van der Waals surface area contributed by atoms with E-state index < -0.39 is 0 Å². The summed E-state index contributed by atoms with van der Waals surface area (Å²) in [5.41, 5.74) is 0.669. The van der Waals surface area contributed by atoms with Crippen molar-refractivity contribution in [2.24, 2.45) is 0 Å². The van der Waals surface area contributed by atoms with Gasteiger partial charge in [0.2, 0.25) is 5.91 Å². The molecule has 3 fully saturated rings. The molecule has 31 heavy (non-hydrogen) atoms. The van der Waals surface area contributed by atoms with E-state index in [0.29, 0.717) is 36.3 Å². The minimum absolute atomic E-state index is 0.0381. The predicted molar refractivity (Wildman–Crippen MR) is 119 cm³/mol. The number of carbonyl (C=O) groups is 2. The van der Waals surface area contributed by atoms with E-state index in [4.69, 9.17) is 9.47 Å². The maximum absolute atomic E-state index is 13.0. The molecule has 1 aromatic rings. The number of rotatable bonds is 6. The van der Waals surface area contributed by atoms with Crippen LogP contribution in [0, 0.1) is 0 Å². The zero-order valence-electron chi connectivity index (χ0n) is 18.7. The van der Waals surface area contributed by atoms with Gasteiger partial charge in [-0.15, -0.1) is 0 Å². The Morgan fingerprint density at radius 1 is 0.968 bits per heavy atom. The molecule has 2 aliphatic heterocycles. The van der Waals surface area contributed by atoms with Gasteiger partial charge in [-0.3, -0.25) is 14.6 Å². The highest BCUT2D eigenvalue weighted by molar-refractivity contribution is 5.98. The Bertz CT molecular complexity index is 788. The highest BCUT2D eigenvalue weighted by atomic mass is 16.5. The molecule has 1 saturated carbocycles. The smallest absolute Gasteiger partial charge is 0.325 e. The van der Waals surface area contributed by atoms with Crippen LogP contribution in [0.5, 0.6) is 11.5 Å². The zero-order valence-corrected chi connectivity index (χ0v) is 18.7. The molecule has 1 aromatic carbocycles. The van der Waals surface area contributed by atoms with Gasteiger partial charge in [-0.25, -0.2) is 4.79 Å². The van der Waals surface area contributed by atoms with Crippen molar-refractivity contribution in [2.75, 3.05) is 64.9 Å². The number of anilines is 1. The molecule has 2 heterocycles. The first-order chi connectivity index (χ1) is 15.1. The van der Waals surface area contributed by atoms with E-state index in [1.807, 2.05) is 4.90 Å². The lowest BCUT2D eigenvalue weighted by Gasteiger charge is -2.41. The summed E-state index contributed by atoms with van der Waals surface area (Å²) in [6.07, 6.45) is 6.60. The number of piperazine rings is 1. The fourth-order valence-corrected chi connectivity index (χ4v) is 5.01. The molecular weight excluding hydrogens is 396 g/mol. The van der Waals surface area contributed by atoms with Gasteiger partial charge in [0.05, 0.1) is 19.9 Å². The Balaban J connectivity index is 1.32. The van der Waals surface area contributed by atoms with Crippen molar-refractivity contribution in [1.82, 2.24) is 14.7 Å². The summed E-state index contributed by atoms with van der Waals surface area (Å²) in [6.45, 7) is 4.56. The number of carbonyl (C=O) groups excluding carboxylic acids is 2. The van der Waals surface area contributed by atoms with Crippen LogP contribution in [0.25, 0.3) is 0 Å². The Labute approximate surface area is 184 Å². The third-order valence-corrected chi connectivity index (χ3v) is 6.86. The van der Waals surface area contributed by atoms with Crippen molar-refractivity contribution in [3.8, 4) is 11.5 Å². The molecule has 2 saturated heterocycles. The minimum Gasteiger partial charge on any atom is -0.497 e. The van der Waals surface area contributed by atoms with Gasteiger partial charge in [-0.1, -0.05) is 19.3 Å². The normalized spacial score (nSPS) is 21.0. The van der Waals surface area contributed by atoms with Crippen LogP contribution in [0.15, 0.2) is 18.2 Å². The topological polar surface area (TPSA) is 65.6 Å². The molecule has 1 aliphatic carbocycles. The Hall–Kier alpha value is -2.48. The van der Waals surface area contributed by atoms with Crippen LogP contribution >= 0.6 is 0 Å². The zero-order chi connectivity index (χ0) is 21.8. The number of amides is 3. The maximum Gasteiger partial charge on any atom is 0.325 e. The van der Waals surface area contributed by atoms with E-state index in [9.17, 15) is 9.59 Å². The highest BCUT2D eigenvalue weighted by Gasteiger charge is 2.34. The van der Waals surface area contributed by atoms with E-state index in [2.05, 4.69) is 4.90 Å². The molecule has 4 rings (SSSR count). The number of urea groups is 1. The van der Waals surface area contributed by atoms with Crippen LogP contribution in [0.3, 0.4) is 0 Å². The first kappa shape index (κ1) is 21.7. The summed E-state index contributed by atoms with van der Waals surface area (Å²) in [5.74, 6) is 1.31. The van der Waals surface area contributed by atoms with E-state index in [1.165, 1.54) is 32.1 Å². The lowest BCUT2D eigenvalue weighted by Crippen LogP contribution is -2.54. The third-order valence-electron chi connectivity index (χ3n) is 6.86. The van der Waals surface area contributed by atoms with E-state index in [1.54, 1.807) is 42.2 Å². The third kappa shape index (κ3) is 4.74. The Kier molecular flexibility index (Phi) is 6.85. The van der Waals surface area contributed by atoms with Crippen molar-refractivity contribution in [3.05, 3.63) is 18.2 Å². The fraction of sp³-hybridized carbons (Fsp3) is 0.652. The average Bonchev–Trinajstić information content (AvgIpc) is 3.19. The van der Waals surface area contributed by atoms with Gasteiger partial charge in [-0.2, -0.15) is 0 Å². The van der Waals surface area contributed by atoms with Crippen LogP contribution in [-0.4, -0.2) is 92.7 Å². The molecule has 0 N–H and O–H groups in total. The molecule has 0 bridgehead atoms. The summed E-state index contributed by atoms with van der Waals surface area (Å²) in [6, 6.07) is 5.92. The highest BCUT2D eigenvalue weighted by Crippen LogP contribution is 2.34. The molecule has 8 heteroatoms. The summed E-state index contributed by atoms with van der Waals surface area (Å²) in [5, 5.41) is 0. The summed E-state index contributed by atoms with van der Waals surface area (Å²) < 4.78 is 10.7. The standard InChI is InChI=1S/C23H34N4O4/c1-30-19-8-9-21(31-2)20(16-19)27-15-14-26(23(27)29)17-22(28)25-12-10-24(11-13-25)18-6-4-3-5-7-18/h8-9,16,18H,3-7,10-15,17H2,1-2H3. The SMILES string of the molecule is COc1ccc(OC)c(N2CCN(CC(=O)N3CCN(C4CCCCC4)CC3)C2=O)c1. The first-order valence-corrected chi connectivity index (χ1v) is 11.4. The van der Waals surface area contributed by atoms with Crippen molar-refractivity contribution in [1.29, 1.82) is 0 Å². The van der Waals surface area contributed by atoms with Gasteiger partial charge >= 0.3 is 6.03 Å². The molecule has 0 spiro atoms. The van der Waals surface area contributed by atoms with Gasteiger partial charge in [0, 0.05) is 51.4 Å². The van der Waals surface area contributed by atoms with Gasteiger partial charge < -0.3 is 19.3 Å². The molecule has 3 amide bonds. The molecule has 0 unspecified atom stereocenters. The molecule has 8 nitrogen and oxygen atoms in total. The minimum atomic E-state index is -0.166. The molecule has 170 valence electrons. The molecular formula is C23H34N4O4. The number of hydrogen-bond acceptors (Lipinski definition) is 5. The quantitative estimate of drug-likeness (QED) is 0.694. The number of methoxy groups -OCH3 is 2. The lowest BCUT2D eigenvalue weighted by atomic mass is 9.94. The summed E-state index contributed by atoms with van der Waals surface area (Å²) in [7, 11) is 3.18. The largest absolute Gasteiger partial charge is 0.497 e. The first-order valence-electron chi connectivity index (χ1n) is 11.4. The van der Waals surface area contributed by atoms with Crippen molar-refractivity contribution >= 4 is 17.6 Å². The van der Waals surface area contributed by atoms with Gasteiger partial charge in [0.25, 0.3) is 0 Å². The second kappa shape index (κ2) is 9.77. The maximum atomic E-state index is 13.0. The van der Waals surface area contributed by atoms with E-state index >= 15 is 0 Å². The second-order valence-corrected chi connectivity index (χ2v) is 8.60. The average molecular weight is 431 g/mol. The summed E-state index contributed by atoms with van der Waals surface area (Å²) in [4.78, 5) is 33.7. The number of nitrogens with zero attached hydrogens (tertiary/aromatic N) is 4. The van der Waals surface area contributed by atoms with Crippen LogP contribution in [0.1, 0.15) is 32.1 Å². The monoisotopic (exact) mass is 430 g/mol. The van der Waals surface area contributed by atoms with Crippen LogP contribution in [0.2, 0.25) is 0 Å². The summed E-state index contributed by atoms with van der Waals surface area (Å²) >= 11 is 0. The van der Waals surface area contributed by atoms with Crippen molar-refractivity contribution in [2.45, 2.75) is 38.1 Å². The van der Waals surface area contributed by atoms with Crippen LogP contribution in [0.4, 0.5) is 10.5 Å². The van der Waals surface area contributed by atoms with Gasteiger partial charge in [0.1, 0.15) is 18.0 Å². The van der Waals surface area contributed by atoms with Crippen molar-refractivity contribution in [3.63, 3.8) is 0 Å². The van der Waals surface area contributed by atoms with Crippen LogP contribution in [-0.2, 0) is 4.79 Å². The molecule has 0 radical (unpaired) electrons. The fourth-order valence-electron chi connectivity index (χ4n) is 5.01. The number of benzene rings is 1. The number of ether oxygens (including phenoxy) is 2. The number of hydrogen-bond donors (Lipinski definition) is 0. The van der Waals surface area contributed by atoms with Gasteiger partial charge in [0.15, 0.2) is 0 Å².